The molecule has 0 aliphatic carbocycles. The van der Waals surface area contributed by atoms with Crippen molar-refractivity contribution in [3.8, 4) is 0 Å². The van der Waals surface area contributed by atoms with Gasteiger partial charge in [0.25, 0.3) is 0 Å². The molecule has 21 heavy (non-hydrogen) atoms. The first kappa shape index (κ1) is 14.5. The third kappa shape index (κ3) is 3.10. The lowest BCUT2D eigenvalue weighted by Crippen LogP contribution is -2.47. The van der Waals surface area contributed by atoms with Gasteiger partial charge in [-0.15, -0.1) is 0 Å². The molecule has 1 aromatic rings. The maximum Gasteiger partial charge on any atom is 0.227 e. The van der Waals surface area contributed by atoms with Crippen LogP contribution in [0.2, 0.25) is 0 Å². The van der Waals surface area contributed by atoms with Crippen molar-refractivity contribution < 1.29 is 4.79 Å². The van der Waals surface area contributed by atoms with Crippen molar-refractivity contribution in [1.29, 1.82) is 0 Å². The molecule has 114 valence electrons. The van der Waals surface area contributed by atoms with Crippen LogP contribution in [0.4, 0.5) is 0 Å². The molecule has 0 saturated carbocycles. The van der Waals surface area contributed by atoms with Crippen molar-refractivity contribution in [3.63, 3.8) is 0 Å². The first-order valence-corrected chi connectivity index (χ1v) is 8.06. The number of carbonyl (C=O) groups excluding carboxylic acids is 1. The zero-order valence-corrected chi connectivity index (χ0v) is 13.1. The van der Waals surface area contributed by atoms with Gasteiger partial charge in [-0.1, -0.05) is 6.07 Å². The summed E-state index contributed by atoms with van der Waals surface area (Å²) in [5.41, 5.74) is 2.02. The Morgan fingerprint density at radius 2 is 2.00 bits per heavy atom. The van der Waals surface area contributed by atoms with Crippen LogP contribution in [-0.4, -0.2) is 52.9 Å². The minimum absolute atomic E-state index is 0.267. The van der Waals surface area contributed by atoms with E-state index in [1.807, 2.05) is 25.3 Å². The lowest BCUT2D eigenvalue weighted by Gasteiger charge is -2.33. The van der Waals surface area contributed by atoms with E-state index >= 15 is 0 Å². The number of aryl methyl sites for hydroxylation is 1. The number of nitrogens with zero attached hydrogens (tertiary/aromatic N) is 3. The fourth-order valence-electron chi connectivity index (χ4n) is 3.80. The summed E-state index contributed by atoms with van der Waals surface area (Å²) < 4.78 is 0. The van der Waals surface area contributed by atoms with Crippen molar-refractivity contribution in [2.24, 2.45) is 0 Å². The zero-order chi connectivity index (χ0) is 14.8. The normalized spacial score (nSPS) is 26.5. The van der Waals surface area contributed by atoms with Crippen LogP contribution >= 0.6 is 0 Å². The number of hydrogen-bond donors (Lipinski definition) is 0. The van der Waals surface area contributed by atoms with E-state index in [-0.39, 0.29) is 5.91 Å². The van der Waals surface area contributed by atoms with Gasteiger partial charge in [-0.2, -0.15) is 0 Å². The molecule has 2 aliphatic rings. The molecule has 2 saturated heterocycles. The summed E-state index contributed by atoms with van der Waals surface area (Å²) in [6, 6.07) is 4.98. The van der Waals surface area contributed by atoms with Gasteiger partial charge in [-0.05, 0) is 57.8 Å². The second-order valence-electron chi connectivity index (χ2n) is 6.47. The lowest BCUT2D eigenvalue weighted by atomic mass is 10.0. The average Bonchev–Trinajstić information content (AvgIpc) is 3.09. The first-order chi connectivity index (χ1) is 10.1. The largest absolute Gasteiger partial charge is 0.338 e. The fourth-order valence-corrected chi connectivity index (χ4v) is 3.80. The first-order valence-electron chi connectivity index (χ1n) is 8.06. The molecule has 0 bridgehead atoms. The SMILES string of the molecule is Cc1ccc(CC(=O)N2CCC[C@@H]2[C@@H]2CCCN2C)cn1. The van der Waals surface area contributed by atoms with Crippen LogP contribution in [0.5, 0.6) is 0 Å². The Balaban J connectivity index is 1.67. The molecule has 2 atom stereocenters. The number of carbonyl (C=O) groups is 1. The van der Waals surface area contributed by atoms with Gasteiger partial charge < -0.3 is 9.80 Å². The van der Waals surface area contributed by atoms with Gasteiger partial charge in [-0.3, -0.25) is 9.78 Å². The quantitative estimate of drug-likeness (QED) is 0.853. The van der Waals surface area contributed by atoms with Crippen LogP contribution in [0.3, 0.4) is 0 Å². The van der Waals surface area contributed by atoms with Crippen LogP contribution in [-0.2, 0) is 11.2 Å². The van der Waals surface area contributed by atoms with Gasteiger partial charge in [0, 0.05) is 30.5 Å². The number of pyridine rings is 1. The number of likely N-dealkylation sites (N-methyl/N-ethyl adjacent to an activating group) is 1. The molecular formula is C17H25N3O. The van der Waals surface area contributed by atoms with E-state index in [4.69, 9.17) is 0 Å². The second kappa shape index (κ2) is 6.14. The van der Waals surface area contributed by atoms with Gasteiger partial charge in [0.05, 0.1) is 6.42 Å². The summed E-state index contributed by atoms with van der Waals surface area (Å²) in [7, 11) is 2.20. The number of rotatable bonds is 3. The topological polar surface area (TPSA) is 36.4 Å². The lowest BCUT2D eigenvalue weighted by molar-refractivity contribution is -0.132. The van der Waals surface area contributed by atoms with E-state index in [0.717, 1.165) is 30.6 Å². The summed E-state index contributed by atoms with van der Waals surface area (Å²) in [5.74, 6) is 0.267. The molecule has 2 fully saturated rings. The Morgan fingerprint density at radius 3 is 2.67 bits per heavy atom. The number of likely N-dealkylation sites (tertiary alicyclic amines) is 2. The molecular weight excluding hydrogens is 262 g/mol. The summed E-state index contributed by atoms with van der Waals surface area (Å²) >= 11 is 0. The molecule has 0 aromatic carbocycles. The molecule has 2 aliphatic heterocycles. The second-order valence-corrected chi connectivity index (χ2v) is 6.47. The van der Waals surface area contributed by atoms with E-state index in [2.05, 4.69) is 21.8 Å². The Kier molecular flexibility index (Phi) is 4.24. The third-order valence-corrected chi connectivity index (χ3v) is 4.97. The highest BCUT2D eigenvalue weighted by molar-refractivity contribution is 5.79. The van der Waals surface area contributed by atoms with Gasteiger partial charge >= 0.3 is 0 Å². The standard InChI is InChI=1S/C17H25N3O/c1-13-7-8-14(12-18-13)11-17(21)20-10-4-6-16(20)15-5-3-9-19(15)2/h7-8,12,15-16H,3-6,9-11H2,1-2H3/t15-,16+/m0/s1. The van der Waals surface area contributed by atoms with Crippen molar-refractivity contribution in [2.75, 3.05) is 20.1 Å². The van der Waals surface area contributed by atoms with Crippen LogP contribution in [0.1, 0.15) is 36.9 Å². The van der Waals surface area contributed by atoms with Crippen LogP contribution in [0.25, 0.3) is 0 Å². The Labute approximate surface area is 127 Å². The molecule has 3 heterocycles. The number of hydrogen-bond acceptors (Lipinski definition) is 3. The molecule has 1 amide bonds. The summed E-state index contributed by atoms with van der Waals surface area (Å²) in [6.07, 6.45) is 7.12. The van der Waals surface area contributed by atoms with E-state index < -0.39 is 0 Å². The van der Waals surface area contributed by atoms with E-state index in [0.29, 0.717) is 18.5 Å². The fraction of sp³-hybridized carbons (Fsp3) is 0.647. The smallest absolute Gasteiger partial charge is 0.227 e. The van der Waals surface area contributed by atoms with Crippen molar-refractivity contribution in [1.82, 2.24) is 14.8 Å². The zero-order valence-electron chi connectivity index (χ0n) is 13.1. The van der Waals surface area contributed by atoms with Gasteiger partial charge in [-0.25, -0.2) is 0 Å². The molecule has 0 spiro atoms. The van der Waals surface area contributed by atoms with Crippen LogP contribution < -0.4 is 0 Å². The van der Waals surface area contributed by atoms with E-state index in [1.165, 1.54) is 19.4 Å². The summed E-state index contributed by atoms with van der Waals surface area (Å²) in [4.78, 5) is 21.5. The predicted molar refractivity (Wildman–Crippen MR) is 83.1 cm³/mol. The molecule has 4 nitrogen and oxygen atoms in total. The molecule has 0 N–H and O–H groups in total. The third-order valence-electron chi connectivity index (χ3n) is 4.97. The van der Waals surface area contributed by atoms with E-state index in [1.54, 1.807) is 0 Å². The maximum absolute atomic E-state index is 12.7. The van der Waals surface area contributed by atoms with Crippen LogP contribution in [0, 0.1) is 6.92 Å². The highest BCUT2D eigenvalue weighted by Crippen LogP contribution is 2.29. The van der Waals surface area contributed by atoms with Crippen molar-refractivity contribution in [3.05, 3.63) is 29.6 Å². The van der Waals surface area contributed by atoms with Crippen molar-refractivity contribution >= 4 is 5.91 Å². The molecule has 4 heteroatoms. The van der Waals surface area contributed by atoms with Crippen LogP contribution in [0.15, 0.2) is 18.3 Å². The van der Waals surface area contributed by atoms with E-state index in [9.17, 15) is 4.79 Å². The molecule has 1 aromatic heterocycles. The Hall–Kier alpha value is -1.42. The minimum atomic E-state index is 0.267. The minimum Gasteiger partial charge on any atom is -0.338 e. The monoisotopic (exact) mass is 287 g/mol. The van der Waals surface area contributed by atoms with Crippen molar-refractivity contribution in [2.45, 2.75) is 51.1 Å². The molecule has 0 radical (unpaired) electrons. The van der Waals surface area contributed by atoms with Gasteiger partial charge in [0.1, 0.15) is 0 Å². The molecule has 0 unspecified atom stereocenters. The number of amides is 1. The summed E-state index contributed by atoms with van der Waals surface area (Å²) in [6.45, 7) is 4.07. The highest BCUT2D eigenvalue weighted by atomic mass is 16.2. The predicted octanol–water partition coefficient (Wildman–Crippen LogP) is 2.02. The molecule has 3 rings (SSSR count). The van der Waals surface area contributed by atoms with Gasteiger partial charge in [0.2, 0.25) is 5.91 Å². The Morgan fingerprint density at radius 1 is 1.24 bits per heavy atom. The highest BCUT2D eigenvalue weighted by Gasteiger charge is 2.38. The van der Waals surface area contributed by atoms with Gasteiger partial charge in [0.15, 0.2) is 0 Å². The summed E-state index contributed by atoms with van der Waals surface area (Å²) in [5, 5.41) is 0. The Bertz CT molecular complexity index is 499. The maximum atomic E-state index is 12.7. The average molecular weight is 287 g/mol. The number of aromatic nitrogens is 1.